The van der Waals surface area contributed by atoms with E-state index in [1.807, 2.05) is 17.5 Å². The molecule has 0 spiro atoms. The Morgan fingerprint density at radius 1 is 1.00 bits per heavy atom. The van der Waals surface area contributed by atoms with E-state index in [1.165, 1.54) is 24.3 Å². The van der Waals surface area contributed by atoms with E-state index in [1.54, 1.807) is 35.6 Å². The minimum Gasteiger partial charge on any atom is -0.347 e. The molecule has 0 aliphatic heterocycles. The highest BCUT2D eigenvalue weighted by Gasteiger charge is 2.16. The molecule has 1 aromatic heterocycles. The van der Waals surface area contributed by atoms with E-state index < -0.39 is 10.0 Å². The molecule has 2 N–H and O–H groups in total. The zero-order valence-corrected chi connectivity index (χ0v) is 15.9. The van der Waals surface area contributed by atoms with Crippen LogP contribution in [0.15, 0.2) is 70.9 Å². The zero-order chi connectivity index (χ0) is 18.6. The lowest BCUT2D eigenvalue weighted by molar-refractivity contribution is 0.0951. The van der Waals surface area contributed by atoms with Crippen LogP contribution in [-0.2, 0) is 16.6 Å². The van der Waals surface area contributed by atoms with Crippen LogP contribution in [0.2, 0.25) is 5.02 Å². The van der Waals surface area contributed by atoms with Gasteiger partial charge in [-0.25, -0.2) is 8.42 Å². The average Bonchev–Trinajstić information content (AvgIpc) is 3.15. The third kappa shape index (κ3) is 4.43. The topological polar surface area (TPSA) is 75.3 Å². The summed E-state index contributed by atoms with van der Waals surface area (Å²) in [5, 5.41) is 5.04. The summed E-state index contributed by atoms with van der Waals surface area (Å²) < 4.78 is 27.3. The third-order valence-corrected chi connectivity index (χ3v) is 6.14. The molecule has 3 aromatic rings. The molecule has 2 aromatic carbocycles. The summed E-state index contributed by atoms with van der Waals surface area (Å²) in [6.45, 7) is 0.435. The first-order valence-corrected chi connectivity index (χ1v) is 10.4. The number of rotatable bonds is 6. The van der Waals surface area contributed by atoms with Crippen LogP contribution in [0.25, 0.3) is 0 Å². The highest BCUT2D eigenvalue weighted by molar-refractivity contribution is 7.92. The number of thiophene rings is 1. The molecule has 0 unspecified atom stereocenters. The maximum atomic E-state index is 12.4. The number of halogens is 1. The van der Waals surface area contributed by atoms with Crippen molar-refractivity contribution in [1.82, 2.24) is 5.32 Å². The highest BCUT2D eigenvalue weighted by Crippen LogP contribution is 2.24. The molecule has 134 valence electrons. The predicted octanol–water partition coefficient (Wildman–Crippen LogP) is 4.13. The monoisotopic (exact) mass is 406 g/mol. The predicted molar refractivity (Wildman–Crippen MR) is 104 cm³/mol. The third-order valence-electron chi connectivity index (χ3n) is 3.55. The highest BCUT2D eigenvalue weighted by atomic mass is 35.5. The molecule has 0 aliphatic carbocycles. The summed E-state index contributed by atoms with van der Waals surface area (Å²) in [5.41, 5.74) is 0.685. The number of carbonyl (C=O) groups is 1. The van der Waals surface area contributed by atoms with Crippen LogP contribution < -0.4 is 10.0 Å². The van der Waals surface area contributed by atoms with Crippen molar-refractivity contribution in [2.45, 2.75) is 11.4 Å². The fraction of sp³-hybridized carbons (Fsp3) is 0.0556. The smallest absolute Gasteiger partial charge is 0.261 e. The van der Waals surface area contributed by atoms with Crippen LogP contribution in [0.3, 0.4) is 0 Å². The number of sulfonamides is 1. The normalized spacial score (nSPS) is 11.1. The molecule has 1 heterocycles. The van der Waals surface area contributed by atoms with Crippen molar-refractivity contribution in [2.24, 2.45) is 0 Å². The van der Waals surface area contributed by atoms with Crippen molar-refractivity contribution in [3.63, 3.8) is 0 Å². The summed E-state index contributed by atoms with van der Waals surface area (Å²) in [6.07, 6.45) is 0. The number of benzene rings is 2. The zero-order valence-electron chi connectivity index (χ0n) is 13.5. The first-order chi connectivity index (χ1) is 12.5. The Morgan fingerprint density at radius 3 is 2.38 bits per heavy atom. The van der Waals surface area contributed by atoms with Crippen LogP contribution >= 0.6 is 22.9 Å². The van der Waals surface area contributed by atoms with Crippen LogP contribution in [0, 0.1) is 0 Å². The first-order valence-electron chi connectivity index (χ1n) is 7.64. The van der Waals surface area contributed by atoms with Crippen molar-refractivity contribution in [2.75, 3.05) is 4.72 Å². The SMILES string of the molecule is O=C(NCc1cccs1)c1ccc(S(=O)(=O)Nc2ccccc2Cl)cc1. The van der Waals surface area contributed by atoms with Gasteiger partial charge in [-0.3, -0.25) is 9.52 Å². The van der Waals surface area contributed by atoms with E-state index in [0.717, 1.165) is 4.88 Å². The van der Waals surface area contributed by atoms with Gasteiger partial charge in [0.05, 0.1) is 22.2 Å². The van der Waals surface area contributed by atoms with Gasteiger partial charge in [0.25, 0.3) is 15.9 Å². The first kappa shape index (κ1) is 18.4. The van der Waals surface area contributed by atoms with E-state index in [9.17, 15) is 13.2 Å². The molecule has 1 amide bonds. The van der Waals surface area contributed by atoms with Gasteiger partial charge in [-0.15, -0.1) is 11.3 Å². The molecule has 5 nitrogen and oxygen atoms in total. The van der Waals surface area contributed by atoms with Gasteiger partial charge in [0.15, 0.2) is 0 Å². The van der Waals surface area contributed by atoms with E-state index in [-0.39, 0.29) is 10.8 Å². The maximum absolute atomic E-state index is 12.4. The Kier molecular flexibility index (Phi) is 5.61. The minimum atomic E-state index is -3.79. The Hall–Kier alpha value is -2.35. The van der Waals surface area contributed by atoms with Gasteiger partial charge in [-0.05, 0) is 47.8 Å². The fourth-order valence-corrected chi connectivity index (χ4v) is 4.18. The molecule has 26 heavy (non-hydrogen) atoms. The van der Waals surface area contributed by atoms with Gasteiger partial charge in [0.2, 0.25) is 0 Å². The number of carbonyl (C=O) groups excluding carboxylic acids is 1. The largest absolute Gasteiger partial charge is 0.347 e. The number of nitrogens with one attached hydrogen (secondary N) is 2. The summed E-state index contributed by atoms with van der Waals surface area (Å²) in [7, 11) is -3.79. The van der Waals surface area contributed by atoms with Crippen LogP contribution in [-0.4, -0.2) is 14.3 Å². The van der Waals surface area contributed by atoms with Crippen molar-refractivity contribution in [1.29, 1.82) is 0 Å². The second kappa shape index (κ2) is 7.90. The van der Waals surface area contributed by atoms with Crippen LogP contribution in [0.4, 0.5) is 5.69 Å². The van der Waals surface area contributed by atoms with Gasteiger partial charge in [-0.2, -0.15) is 0 Å². The standard InChI is InChI=1S/C18H15ClN2O3S2/c19-16-5-1-2-6-17(16)21-26(23,24)15-9-7-13(8-10-15)18(22)20-12-14-4-3-11-25-14/h1-11,21H,12H2,(H,20,22). The maximum Gasteiger partial charge on any atom is 0.261 e. The summed E-state index contributed by atoms with van der Waals surface area (Å²) >= 11 is 7.54. The second-order valence-electron chi connectivity index (χ2n) is 5.37. The summed E-state index contributed by atoms with van der Waals surface area (Å²) in [6, 6.07) is 16.1. The molecule has 0 atom stereocenters. The average molecular weight is 407 g/mol. The number of hydrogen-bond acceptors (Lipinski definition) is 4. The molecule has 0 saturated carbocycles. The fourth-order valence-electron chi connectivity index (χ4n) is 2.22. The Balaban J connectivity index is 1.70. The van der Waals surface area contributed by atoms with E-state index in [4.69, 9.17) is 11.6 Å². The Morgan fingerprint density at radius 2 is 1.73 bits per heavy atom. The molecular weight excluding hydrogens is 392 g/mol. The van der Waals surface area contributed by atoms with E-state index >= 15 is 0 Å². The lowest BCUT2D eigenvalue weighted by Gasteiger charge is -2.10. The van der Waals surface area contributed by atoms with Gasteiger partial charge in [0, 0.05) is 10.4 Å². The lowest BCUT2D eigenvalue weighted by atomic mass is 10.2. The van der Waals surface area contributed by atoms with Crippen LogP contribution in [0.1, 0.15) is 15.2 Å². The van der Waals surface area contributed by atoms with Crippen molar-refractivity contribution in [3.05, 3.63) is 81.5 Å². The van der Waals surface area contributed by atoms with Gasteiger partial charge in [-0.1, -0.05) is 29.8 Å². The van der Waals surface area contributed by atoms with Gasteiger partial charge in [0.1, 0.15) is 0 Å². The minimum absolute atomic E-state index is 0.0484. The molecular formula is C18H15ClN2O3S2. The van der Waals surface area contributed by atoms with Crippen molar-refractivity contribution >= 4 is 44.6 Å². The summed E-state index contributed by atoms with van der Waals surface area (Å²) in [5.74, 6) is -0.263. The lowest BCUT2D eigenvalue weighted by Crippen LogP contribution is -2.22. The second-order valence-corrected chi connectivity index (χ2v) is 8.49. The number of anilines is 1. The van der Waals surface area contributed by atoms with Crippen molar-refractivity contribution < 1.29 is 13.2 Å². The number of para-hydroxylation sites is 1. The Labute approximate surface area is 160 Å². The van der Waals surface area contributed by atoms with Crippen molar-refractivity contribution in [3.8, 4) is 0 Å². The molecule has 0 fully saturated rings. The molecule has 0 saturated heterocycles. The van der Waals surface area contributed by atoms with E-state index in [2.05, 4.69) is 10.0 Å². The molecule has 0 bridgehead atoms. The molecule has 3 rings (SSSR count). The van der Waals surface area contributed by atoms with Gasteiger partial charge >= 0.3 is 0 Å². The number of amides is 1. The Bertz CT molecular complexity index is 1000. The summed E-state index contributed by atoms with van der Waals surface area (Å²) in [4.78, 5) is 13.2. The van der Waals surface area contributed by atoms with E-state index in [0.29, 0.717) is 22.8 Å². The molecule has 0 radical (unpaired) electrons. The number of hydrogen-bond donors (Lipinski definition) is 2. The quantitative estimate of drug-likeness (QED) is 0.646. The molecule has 8 heteroatoms. The molecule has 0 aliphatic rings. The van der Waals surface area contributed by atoms with Crippen LogP contribution in [0.5, 0.6) is 0 Å². The van der Waals surface area contributed by atoms with Gasteiger partial charge < -0.3 is 5.32 Å².